The van der Waals surface area contributed by atoms with Gasteiger partial charge in [-0.2, -0.15) is 9.97 Å². The molecular weight excluding hydrogens is 306 g/mol. The molecule has 0 radical (unpaired) electrons. The molecular formula is C17H25N5O2. The van der Waals surface area contributed by atoms with Gasteiger partial charge in [0.1, 0.15) is 5.82 Å². The third kappa shape index (κ3) is 3.91. The van der Waals surface area contributed by atoms with E-state index in [1.165, 1.54) is 0 Å². The molecule has 130 valence electrons. The van der Waals surface area contributed by atoms with E-state index in [0.29, 0.717) is 19.0 Å². The van der Waals surface area contributed by atoms with Crippen LogP contribution in [0.1, 0.15) is 31.3 Å². The third-order valence-electron chi connectivity index (χ3n) is 4.10. The minimum atomic E-state index is 0.176. The van der Waals surface area contributed by atoms with Crippen LogP contribution in [0.4, 0.5) is 5.95 Å². The Bertz CT molecular complexity index is 652. The van der Waals surface area contributed by atoms with Crippen LogP contribution in [-0.4, -0.2) is 58.0 Å². The van der Waals surface area contributed by atoms with E-state index in [-0.39, 0.29) is 6.61 Å². The molecule has 0 atom stereocenters. The summed E-state index contributed by atoms with van der Waals surface area (Å²) in [5.74, 6) is 2.28. The van der Waals surface area contributed by atoms with Gasteiger partial charge in [-0.1, -0.05) is 6.92 Å². The van der Waals surface area contributed by atoms with Gasteiger partial charge in [-0.15, -0.1) is 0 Å². The number of hydrogen-bond acceptors (Lipinski definition) is 6. The summed E-state index contributed by atoms with van der Waals surface area (Å²) in [5, 5.41) is 9.08. The predicted octanol–water partition coefficient (Wildman–Crippen LogP) is 1.58. The third-order valence-corrected chi connectivity index (χ3v) is 4.10. The second kappa shape index (κ2) is 8.21. The number of nitrogens with one attached hydrogen (secondary N) is 1. The van der Waals surface area contributed by atoms with Gasteiger partial charge in [0, 0.05) is 43.6 Å². The molecule has 1 saturated heterocycles. The van der Waals surface area contributed by atoms with E-state index in [9.17, 15) is 0 Å². The number of nitrogens with zero attached hydrogens (tertiary/aromatic N) is 4. The van der Waals surface area contributed by atoms with Crippen LogP contribution in [0.3, 0.4) is 0 Å². The number of aromatic amines is 1. The highest BCUT2D eigenvalue weighted by molar-refractivity contribution is 5.60. The Morgan fingerprint density at radius 2 is 2.04 bits per heavy atom. The smallest absolute Gasteiger partial charge is 0.229 e. The maximum absolute atomic E-state index is 9.08. The highest BCUT2D eigenvalue weighted by atomic mass is 16.5. The highest BCUT2D eigenvalue weighted by Crippen LogP contribution is 2.23. The maximum Gasteiger partial charge on any atom is 0.229 e. The number of ether oxygens (including phenoxy) is 1. The topological polar surface area (TPSA) is 87.2 Å². The lowest BCUT2D eigenvalue weighted by Crippen LogP contribution is -2.37. The van der Waals surface area contributed by atoms with Gasteiger partial charge in [-0.3, -0.25) is 0 Å². The number of aromatic nitrogens is 4. The molecule has 24 heavy (non-hydrogen) atoms. The number of aliphatic hydroxyl groups is 1. The number of rotatable bonds is 7. The Hall–Kier alpha value is -1.99. The molecule has 7 heteroatoms. The van der Waals surface area contributed by atoms with Crippen molar-refractivity contribution in [1.82, 2.24) is 19.9 Å². The first kappa shape index (κ1) is 16.9. The number of hydrogen-bond donors (Lipinski definition) is 2. The molecule has 1 aliphatic rings. The van der Waals surface area contributed by atoms with Crippen LogP contribution in [-0.2, 0) is 17.6 Å². The van der Waals surface area contributed by atoms with Crippen LogP contribution in [0.5, 0.6) is 0 Å². The van der Waals surface area contributed by atoms with Crippen LogP contribution in [0.15, 0.2) is 12.3 Å². The van der Waals surface area contributed by atoms with Crippen molar-refractivity contribution >= 4 is 5.95 Å². The molecule has 2 N–H and O–H groups in total. The number of morpholine rings is 1. The number of aliphatic hydroxyl groups excluding tert-OH is 1. The fourth-order valence-corrected chi connectivity index (χ4v) is 2.84. The average Bonchev–Trinajstić information content (AvgIpc) is 3.09. The number of aryl methyl sites for hydroxylation is 2. The molecule has 2 aromatic rings. The van der Waals surface area contributed by atoms with Gasteiger partial charge in [0.2, 0.25) is 5.95 Å². The zero-order chi connectivity index (χ0) is 16.8. The van der Waals surface area contributed by atoms with Gasteiger partial charge in [0.25, 0.3) is 0 Å². The fourth-order valence-electron chi connectivity index (χ4n) is 2.84. The van der Waals surface area contributed by atoms with E-state index in [0.717, 1.165) is 61.8 Å². The second-order valence-corrected chi connectivity index (χ2v) is 5.92. The molecule has 0 aliphatic carbocycles. The first-order chi connectivity index (χ1) is 11.8. The molecule has 3 rings (SSSR count). The Kier molecular flexibility index (Phi) is 5.77. The highest BCUT2D eigenvalue weighted by Gasteiger charge is 2.18. The van der Waals surface area contributed by atoms with Crippen molar-refractivity contribution in [2.75, 3.05) is 37.8 Å². The Balaban J connectivity index is 1.94. The molecule has 7 nitrogen and oxygen atoms in total. The molecule has 0 bridgehead atoms. The molecule has 0 spiro atoms. The first-order valence-corrected chi connectivity index (χ1v) is 8.67. The van der Waals surface area contributed by atoms with Gasteiger partial charge in [-0.25, -0.2) is 4.98 Å². The van der Waals surface area contributed by atoms with Crippen LogP contribution < -0.4 is 4.90 Å². The number of H-pyrrole nitrogens is 1. The first-order valence-electron chi connectivity index (χ1n) is 8.67. The van der Waals surface area contributed by atoms with Gasteiger partial charge in [-0.05, 0) is 25.3 Å². The van der Waals surface area contributed by atoms with Gasteiger partial charge < -0.3 is 19.7 Å². The van der Waals surface area contributed by atoms with E-state index >= 15 is 0 Å². The predicted molar refractivity (Wildman–Crippen MR) is 92.0 cm³/mol. The van der Waals surface area contributed by atoms with E-state index in [1.54, 1.807) is 0 Å². The Labute approximate surface area is 142 Å². The number of anilines is 1. The summed E-state index contributed by atoms with van der Waals surface area (Å²) in [6.45, 7) is 5.32. The van der Waals surface area contributed by atoms with Gasteiger partial charge in [0.15, 0.2) is 5.82 Å². The second-order valence-electron chi connectivity index (χ2n) is 5.92. The average molecular weight is 331 g/mol. The van der Waals surface area contributed by atoms with Crippen LogP contribution in [0.25, 0.3) is 11.4 Å². The molecule has 0 saturated carbocycles. The van der Waals surface area contributed by atoms with Crippen molar-refractivity contribution in [1.29, 1.82) is 0 Å². The monoisotopic (exact) mass is 331 g/mol. The molecule has 1 aliphatic heterocycles. The van der Waals surface area contributed by atoms with Crippen molar-refractivity contribution in [2.24, 2.45) is 0 Å². The lowest BCUT2D eigenvalue weighted by Gasteiger charge is -2.27. The van der Waals surface area contributed by atoms with E-state index in [1.807, 2.05) is 12.3 Å². The van der Waals surface area contributed by atoms with E-state index in [2.05, 4.69) is 26.8 Å². The quantitative estimate of drug-likeness (QED) is 0.801. The largest absolute Gasteiger partial charge is 0.396 e. The molecule has 2 aromatic heterocycles. The minimum Gasteiger partial charge on any atom is -0.396 e. The Morgan fingerprint density at radius 3 is 2.79 bits per heavy atom. The fraction of sp³-hybridized carbons (Fsp3) is 0.588. The van der Waals surface area contributed by atoms with Crippen molar-refractivity contribution in [2.45, 2.75) is 32.6 Å². The summed E-state index contributed by atoms with van der Waals surface area (Å²) >= 11 is 0. The molecule has 0 unspecified atom stereocenters. The SMILES string of the molecule is CCCc1nc(-c2cc[nH]c2CCCO)nc(N2CCOCC2)n1. The zero-order valence-electron chi connectivity index (χ0n) is 14.2. The van der Waals surface area contributed by atoms with Crippen molar-refractivity contribution in [3.63, 3.8) is 0 Å². The van der Waals surface area contributed by atoms with E-state index in [4.69, 9.17) is 14.8 Å². The van der Waals surface area contributed by atoms with Crippen LogP contribution in [0.2, 0.25) is 0 Å². The maximum atomic E-state index is 9.08. The summed E-state index contributed by atoms with van der Waals surface area (Å²) in [4.78, 5) is 19.4. The van der Waals surface area contributed by atoms with Gasteiger partial charge in [0.05, 0.1) is 13.2 Å². The summed E-state index contributed by atoms with van der Waals surface area (Å²) < 4.78 is 5.42. The lowest BCUT2D eigenvalue weighted by molar-refractivity contribution is 0.122. The summed E-state index contributed by atoms with van der Waals surface area (Å²) in [5.41, 5.74) is 2.06. The molecule has 0 aromatic carbocycles. The normalized spacial score (nSPS) is 15.0. The standard InChI is InChI=1S/C17H25N5O2/c1-2-4-15-19-16(13-6-7-18-14(13)5-3-10-23)21-17(20-15)22-8-11-24-12-9-22/h6-7,18,23H,2-5,8-12H2,1H3. The van der Waals surface area contributed by atoms with Crippen molar-refractivity contribution < 1.29 is 9.84 Å². The van der Waals surface area contributed by atoms with Crippen LogP contribution in [0, 0.1) is 0 Å². The van der Waals surface area contributed by atoms with E-state index < -0.39 is 0 Å². The van der Waals surface area contributed by atoms with Crippen molar-refractivity contribution in [3.8, 4) is 11.4 Å². The summed E-state index contributed by atoms with van der Waals surface area (Å²) in [6, 6.07) is 2.00. The summed E-state index contributed by atoms with van der Waals surface area (Å²) in [7, 11) is 0. The van der Waals surface area contributed by atoms with Gasteiger partial charge >= 0.3 is 0 Å². The Morgan fingerprint density at radius 1 is 1.21 bits per heavy atom. The van der Waals surface area contributed by atoms with Crippen LogP contribution >= 0.6 is 0 Å². The minimum absolute atomic E-state index is 0.176. The molecule has 1 fully saturated rings. The molecule has 3 heterocycles. The zero-order valence-corrected chi connectivity index (χ0v) is 14.2. The lowest BCUT2D eigenvalue weighted by atomic mass is 10.1. The van der Waals surface area contributed by atoms with Crippen molar-refractivity contribution in [3.05, 3.63) is 23.8 Å². The summed E-state index contributed by atoms with van der Waals surface area (Å²) in [6.07, 6.45) is 5.23. The molecule has 0 amide bonds.